The Morgan fingerprint density at radius 2 is 1.81 bits per heavy atom. The maximum atomic E-state index is 13.4. The number of amides is 2. The molecule has 3 aromatic heterocycles. The van der Waals surface area contributed by atoms with Crippen molar-refractivity contribution in [3.05, 3.63) is 75.7 Å². The first kappa shape index (κ1) is 35.3. The number of likely N-dealkylation sites (tertiary alicyclic amines) is 1. The third kappa shape index (κ3) is 6.92. The van der Waals surface area contributed by atoms with Gasteiger partial charge in [0.15, 0.2) is 23.1 Å². The van der Waals surface area contributed by atoms with E-state index in [1.807, 2.05) is 16.2 Å². The number of hydrogen-bond donors (Lipinski definition) is 3. The Morgan fingerprint density at radius 3 is 2.49 bits per heavy atom. The van der Waals surface area contributed by atoms with Crippen LogP contribution in [0.3, 0.4) is 0 Å². The van der Waals surface area contributed by atoms with Crippen molar-refractivity contribution in [1.82, 2.24) is 29.3 Å². The molecule has 3 fully saturated rings. The highest BCUT2D eigenvalue weighted by Gasteiger charge is 2.32. The van der Waals surface area contributed by atoms with E-state index in [0.29, 0.717) is 65.4 Å². The number of aryl methyl sites for hydroxylation is 2. The van der Waals surface area contributed by atoms with Crippen LogP contribution in [0.2, 0.25) is 0 Å². The number of carbonyl (C=O) groups is 2. The number of imidazole rings is 1. The minimum absolute atomic E-state index is 0.00851. The van der Waals surface area contributed by atoms with Gasteiger partial charge in [-0.1, -0.05) is 12.1 Å². The number of nitrogens with zero attached hydrogens (tertiary/aromatic N) is 5. The van der Waals surface area contributed by atoms with Gasteiger partial charge in [-0.2, -0.15) is 0 Å². The predicted octanol–water partition coefficient (Wildman–Crippen LogP) is 5.86. The minimum atomic E-state index is -1.23. The quantitative estimate of drug-likeness (QED) is 0.178. The molecular weight excluding hydrogens is 674 g/mol. The maximum absolute atomic E-state index is 13.4. The topological polar surface area (TPSA) is 161 Å². The molecule has 0 spiro atoms. The van der Waals surface area contributed by atoms with Crippen molar-refractivity contribution in [2.24, 2.45) is 13.0 Å². The standard InChI is InChI=1S/C40H49N7O6/c1-23-42-32(22-52-23)37(49)43-30-19-34-31(18-29(30)40(2,3)51)44-38(53-34)26-10-8-24(9-11-26)21-46-16-14-25(15-17-46)28-6-5-7-33-36(28)45(4)39(50)47(33)27-12-13-35(48)41-20-27/h5-7,18-19,22,24-27,51H,8-17,20-21H2,1-4H3,(H,41,48)(H,43,49)/t24-,26-,27?. The van der Waals surface area contributed by atoms with Crippen LogP contribution in [0.25, 0.3) is 22.1 Å². The van der Waals surface area contributed by atoms with Crippen molar-refractivity contribution in [3.63, 3.8) is 0 Å². The summed E-state index contributed by atoms with van der Waals surface area (Å²) in [5, 5.41) is 16.8. The molecule has 8 rings (SSSR count). The maximum Gasteiger partial charge on any atom is 0.329 e. The van der Waals surface area contributed by atoms with Crippen LogP contribution in [0, 0.1) is 12.8 Å². The zero-order valence-corrected chi connectivity index (χ0v) is 31.0. The second-order valence-electron chi connectivity index (χ2n) is 15.9. The summed E-state index contributed by atoms with van der Waals surface area (Å²) in [6, 6.07) is 9.86. The second-order valence-corrected chi connectivity index (χ2v) is 15.9. The number of benzene rings is 2. The van der Waals surface area contributed by atoms with Crippen LogP contribution >= 0.6 is 0 Å². The van der Waals surface area contributed by atoms with Crippen molar-refractivity contribution < 1.29 is 23.5 Å². The first-order valence-corrected chi connectivity index (χ1v) is 19.0. The molecule has 0 radical (unpaired) electrons. The summed E-state index contributed by atoms with van der Waals surface area (Å²) in [4.78, 5) is 49.7. The number of para-hydroxylation sites is 1. The lowest BCUT2D eigenvalue weighted by molar-refractivity contribution is -0.122. The van der Waals surface area contributed by atoms with Crippen LogP contribution in [0.5, 0.6) is 0 Å². The van der Waals surface area contributed by atoms with Gasteiger partial charge in [-0.15, -0.1) is 0 Å². The summed E-state index contributed by atoms with van der Waals surface area (Å²) in [7, 11) is 1.88. The van der Waals surface area contributed by atoms with Crippen molar-refractivity contribution in [2.45, 2.75) is 95.6 Å². The van der Waals surface area contributed by atoms with E-state index < -0.39 is 11.5 Å². The molecule has 3 aliphatic rings. The number of rotatable bonds is 8. The third-order valence-corrected chi connectivity index (χ3v) is 11.8. The zero-order chi connectivity index (χ0) is 37.0. The number of aliphatic hydroxyl groups is 1. The van der Waals surface area contributed by atoms with Crippen molar-refractivity contribution >= 4 is 39.6 Å². The third-order valence-electron chi connectivity index (χ3n) is 11.8. The van der Waals surface area contributed by atoms with E-state index in [-0.39, 0.29) is 29.3 Å². The smallest absolute Gasteiger partial charge is 0.329 e. The van der Waals surface area contributed by atoms with Crippen molar-refractivity contribution in [3.8, 4) is 0 Å². The Hall–Kier alpha value is -4.75. The van der Waals surface area contributed by atoms with Crippen LogP contribution in [0.1, 0.15) is 116 Å². The zero-order valence-electron chi connectivity index (χ0n) is 31.0. The minimum Gasteiger partial charge on any atom is -0.448 e. The summed E-state index contributed by atoms with van der Waals surface area (Å²) < 4.78 is 15.2. The largest absolute Gasteiger partial charge is 0.448 e. The number of oxazole rings is 2. The molecule has 1 atom stereocenters. The molecule has 2 aliphatic heterocycles. The molecule has 1 saturated carbocycles. The molecule has 13 nitrogen and oxygen atoms in total. The molecule has 53 heavy (non-hydrogen) atoms. The van der Waals surface area contributed by atoms with Crippen molar-refractivity contribution in [2.75, 3.05) is 31.5 Å². The van der Waals surface area contributed by atoms with Gasteiger partial charge in [-0.05, 0) is 101 Å². The number of fused-ring (bicyclic) bond motifs is 2. The van der Waals surface area contributed by atoms with Gasteiger partial charge < -0.3 is 29.5 Å². The van der Waals surface area contributed by atoms with Gasteiger partial charge in [-0.25, -0.2) is 14.8 Å². The highest BCUT2D eigenvalue weighted by Crippen LogP contribution is 2.40. The van der Waals surface area contributed by atoms with Gasteiger partial charge in [0.2, 0.25) is 5.91 Å². The Balaban J connectivity index is 0.890. The fourth-order valence-electron chi connectivity index (χ4n) is 8.90. The molecule has 13 heteroatoms. The molecular formula is C40H49N7O6. The van der Waals surface area contributed by atoms with Crippen LogP contribution in [0.15, 0.2) is 50.2 Å². The second kappa shape index (κ2) is 13.9. The average molecular weight is 724 g/mol. The van der Waals surface area contributed by atoms with E-state index in [1.165, 1.54) is 11.8 Å². The van der Waals surface area contributed by atoms with Crippen LogP contribution in [-0.4, -0.2) is 67.1 Å². The summed E-state index contributed by atoms with van der Waals surface area (Å²) in [6.07, 6.45) is 8.77. The van der Waals surface area contributed by atoms with Gasteiger partial charge in [0.05, 0.1) is 28.4 Å². The molecule has 5 aromatic rings. The molecule has 0 bridgehead atoms. The Morgan fingerprint density at radius 1 is 1.04 bits per heavy atom. The molecule has 2 amide bonds. The number of piperidine rings is 2. The molecule has 5 heterocycles. The van der Waals surface area contributed by atoms with Crippen LogP contribution < -0.4 is 16.3 Å². The van der Waals surface area contributed by atoms with E-state index >= 15 is 0 Å². The number of aromatic nitrogens is 4. The number of nitrogens with one attached hydrogen (secondary N) is 2. The van der Waals surface area contributed by atoms with Gasteiger partial charge >= 0.3 is 5.69 Å². The number of hydrogen-bond acceptors (Lipinski definition) is 9. The van der Waals surface area contributed by atoms with Crippen molar-refractivity contribution in [1.29, 1.82) is 0 Å². The number of carbonyl (C=O) groups excluding carboxylic acids is 2. The highest BCUT2D eigenvalue weighted by atomic mass is 16.4. The van der Waals surface area contributed by atoms with Gasteiger partial charge in [0, 0.05) is 51.0 Å². The molecule has 1 unspecified atom stereocenters. The van der Waals surface area contributed by atoms with Gasteiger partial charge in [0.25, 0.3) is 5.91 Å². The van der Waals surface area contributed by atoms with E-state index in [4.69, 9.17) is 13.8 Å². The fourth-order valence-corrected chi connectivity index (χ4v) is 8.90. The van der Waals surface area contributed by atoms with E-state index in [1.54, 1.807) is 32.9 Å². The van der Waals surface area contributed by atoms with Gasteiger partial charge in [-0.3, -0.25) is 18.7 Å². The molecule has 2 saturated heterocycles. The van der Waals surface area contributed by atoms with Crippen LogP contribution in [-0.2, 0) is 17.4 Å². The lowest BCUT2D eigenvalue weighted by atomic mass is 9.81. The summed E-state index contributed by atoms with van der Waals surface area (Å²) in [6.45, 7) is 8.68. The lowest BCUT2D eigenvalue weighted by Crippen LogP contribution is -2.39. The number of anilines is 1. The lowest BCUT2D eigenvalue weighted by Gasteiger charge is -2.36. The average Bonchev–Trinajstić information content (AvgIpc) is 3.84. The highest BCUT2D eigenvalue weighted by molar-refractivity contribution is 6.04. The van der Waals surface area contributed by atoms with Gasteiger partial charge in [0.1, 0.15) is 11.8 Å². The van der Waals surface area contributed by atoms with E-state index in [9.17, 15) is 19.5 Å². The first-order chi connectivity index (χ1) is 25.4. The Kier molecular flexibility index (Phi) is 9.26. The predicted molar refractivity (Wildman–Crippen MR) is 200 cm³/mol. The fraction of sp³-hybridized carbons (Fsp3) is 0.525. The molecule has 2 aromatic carbocycles. The summed E-state index contributed by atoms with van der Waals surface area (Å²) >= 11 is 0. The van der Waals surface area contributed by atoms with E-state index in [2.05, 4.69) is 38.7 Å². The molecule has 280 valence electrons. The molecule has 1 aliphatic carbocycles. The Bertz CT molecular complexity index is 2210. The summed E-state index contributed by atoms with van der Waals surface area (Å²) in [5.74, 6) is 1.96. The van der Waals surface area contributed by atoms with E-state index in [0.717, 1.165) is 69.2 Å². The van der Waals surface area contributed by atoms with Crippen LogP contribution in [0.4, 0.5) is 5.69 Å². The SMILES string of the molecule is Cc1nc(C(=O)Nc2cc3oc([C@H]4CC[C@H](CN5CCC(c6cccc7c6n(C)c(=O)n7C6CCC(=O)NC6)CC5)CC4)nc3cc2C(C)(C)O)co1. The Labute approximate surface area is 307 Å². The normalized spacial score (nSPS) is 22.1. The monoisotopic (exact) mass is 723 g/mol. The first-order valence-electron chi connectivity index (χ1n) is 19.0. The molecule has 3 N–H and O–H groups in total. The summed E-state index contributed by atoms with van der Waals surface area (Å²) in [5.41, 5.74) is 4.40.